The second-order valence-electron chi connectivity index (χ2n) is 4.75. The number of thiophene rings is 1. The molecule has 4 nitrogen and oxygen atoms in total. The van der Waals surface area contributed by atoms with E-state index in [2.05, 4.69) is 15.3 Å². The molecular formula is C16H14FN3OS2. The zero-order chi connectivity index (χ0) is 16.2. The number of aromatic nitrogens is 2. The summed E-state index contributed by atoms with van der Waals surface area (Å²) < 4.78 is 12.9. The van der Waals surface area contributed by atoms with E-state index in [-0.39, 0.29) is 11.7 Å². The minimum Gasteiger partial charge on any atom is -0.344 e. The number of H-pyrrole nitrogens is 1. The lowest BCUT2D eigenvalue weighted by Gasteiger charge is -2.03. The Balaban J connectivity index is 1.65. The molecule has 0 spiro atoms. The van der Waals surface area contributed by atoms with E-state index in [1.165, 1.54) is 23.5 Å². The fourth-order valence-electron chi connectivity index (χ4n) is 2.10. The van der Waals surface area contributed by atoms with Crippen LogP contribution in [0.2, 0.25) is 0 Å². The number of hydrogen-bond donors (Lipinski definition) is 2. The Hall–Kier alpha value is -2.12. The molecule has 1 amide bonds. The molecular weight excluding hydrogens is 333 g/mol. The maximum absolute atomic E-state index is 12.9. The van der Waals surface area contributed by atoms with Crippen molar-refractivity contribution in [3.8, 4) is 11.3 Å². The maximum atomic E-state index is 12.9. The van der Waals surface area contributed by atoms with Crippen LogP contribution in [0.1, 0.15) is 15.5 Å². The Morgan fingerprint density at radius 2 is 2.13 bits per heavy atom. The summed E-state index contributed by atoms with van der Waals surface area (Å²) in [6.45, 7) is 0.311. The fraction of sp³-hybridized carbons (Fsp3) is 0.125. The van der Waals surface area contributed by atoms with Crippen LogP contribution in [0.25, 0.3) is 11.3 Å². The lowest BCUT2D eigenvalue weighted by atomic mass is 10.2. The number of hydrogen-bond acceptors (Lipinski definition) is 4. The van der Waals surface area contributed by atoms with Crippen LogP contribution in [0, 0.1) is 5.82 Å². The van der Waals surface area contributed by atoms with Crippen molar-refractivity contribution >= 4 is 29.0 Å². The van der Waals surface area contributed by atoms with E-state index in [0.29, 0.717) is 17.2 Å². The van der Waals surface area contributed by atoms with Crippen molar-refractivity contribution in [2.45, 2.75) is 11.4 Å². The van der Waals surface area contributed by atoms with Gasteiger partial charge in [-0.2, -0.15) is 0 Å². The number of carbonyl (C=O) groups excluding carboxylic acids is 1. The van der Waals surface area contributed by atoms with Gasteiger partial charge >= 0.3 is 0 Å². The first kappa shape index (κ1) is 15.8. The number of nitrogens with one attached hydrogen (secondary N) is 2. The first-order valence-corrected chi connectivity index (χ1v) is 8.97. The first-order chi connectivity index (χ1) is 11.2. The first-order valence-electron chi connectivity index (χ1n) is 6.87. The highest BCUT2D eigenvalue weighted by Crippen LogP contribution is 2.25. The van der Waals surface area contributed by atoms with Gasteiger partial charge in [0.1, 0.15) is 16.5 Å². The molecule has 0 aliphatic rings. The zero-order valence-electron chi connectivity index (χ0n) is 12.3. The summed E-state index contributed by atoms with van der Waals surface area (Å²) in [5, 5.41) is 4.76. The van der Waals surface area contributed by atoms with E-state index in [1.54, 1.807) is 30.1 Å². The van der Waals surface area contributed by atoms with Crippen LogP contribution in [0.15, 0.2) is 46.8 Å². The summed E-state index contributed by atoms with van der Waals surface area (Å²) in [6, 6.07) is 8.10. The molecule has 118 valence electrons. The van der Waals surface area contributed by atoms with Crippen LogP contribution >= 0.6 is 23.1 Å². The van der Waals surface area contributed by atoms with Gasteiger partial charge in [0.05, 0.1) is 18.4 Å². The van der Waals surface area contributed by atoms with Crippen LogP contribution in [0.4, 0.5) is 4.39 Å². The normalized spacial score (nSPS) is 10.7. The number of nitrogens with zero attached hydrogens (tertiary/aromatic N) is 1. The second kappa shape index (κ2) is 6.97. The minimum absolute atomic E-state index is 0.107. The van der Waals surface area contributed by atoms with Crippen molar-refractivity contribution < 1.29 is 9.18 Å². The molecule has 0 aliphatic carbocycles. The lowest BCUT2D eigenvalue weighted by molar-refractivity contribution is 0.0951. The molecule has 0 bridgehead atoms. The Labute approximate surface area is 141 Å². The molecule has 0 atom stereocenters. The molecule has 3 aromatic rings. The van der Waals surface area contributed by atoms with Gasteiger partial charge in [-0.3, -0.25) is 4.79 Å². The van der Waals surface area contributed by atoms with Crippen LogP contribution in [0.3, 0.4) is 0 Å². The third kappa shape index (κ3) is 3.62. The Bertz CT molecular complexity index is 811. The highest BCUT2D eigenvalue weighted by atomic mass is 32.2. The molecule has 0 fully saturated rings. The molecule has 1 aromatic carbocycles. The SMILES string of the molecule is CSc1ccsc1C(=O)NCc1ncc(-c2ccc(F)cc2)[nH]1. The van der Waals surface area contributed by atoms with Gasteiger partial charge in [0.25, 0.3) is 5.91 Å². The minimum atomic E-state index is -0.277. The maximum Gasteiger partial charge on any atom is 0.262 e. The van der Waals surface area contributed by atoms with Gasteiger partial charge < -0.3 is 10.3 Å². The van der Waals surface area contributed by atoms with Crippen molar-refractivity contribution in [2.75, 3.05) is 6.26 Å². The summed E-state index contributed by atoms with van der Waals surface area (Å²) in [5.74, 6) is 0.269. The predicted octanol–water partition coefficient (Wildman–Crippen LogP) is 3.93. The van der Waals surface area contributed by atoms with Gasteiger partial charge in [0.2, 0.25) is 0 Å². The van der Waals surface area contributed by atoms with Gasteiger partial charge in [-0.25, -0.2) is 9.37 Å². The summed E-state index contributed by atoms with van der Waals surface area (Å²) in [7, 11) is 0. The van der Waals surface area contributed by atoms with E-state index in [9.17, 15) is 9.18 Å². The van der Waals surface area contributed by atoms with Gasteiger partial charge in [-0.1, -0.05) is 0 Å². The summed E-state index contributed by atoms with van der Waals surface area (Å²) in [6.07, 6.45) is 3.62. The van der Waals surface area contributed by atoms with E-state index in [1.807, 2.05) is 17.7 Å². The highest BCUT2D eigenvalue weighted by Gasteiger charge is 2.13. The number of thioether (sulfide) groups is 1. The van der Waals surface area contributed by atoms with Crippen molar-refractivity contribution in [3.05, 3.63) is 58.4 Å². The number of carbonyl (C=O) groups is 1. The van der Waals surface area contributed by atoms with Crippen LogP contribution in [0.5, 0.6) is 0 Å². The quantitative estimate of drug-likeness (QED) is 0.688. The largest absolute Gasteiger partial charge is 0.344 e. The molecule has 2 heterocycles. The number of amides is 1. The highest BCUT2D eigenvalue weighted by molar-refractivity contribution is 7.98. The predicted molar refractivity (Wildman–Crippen MR) is 91.3 cm³/mol. The Morgan fingerprint density at radius 1 is 1.35 bits per heavy atom. The second-order valence-corrected chi connectivity index (χ2v) is 6.52. The van der Waals surface area contributed by atoms with E-state index in [4.69, 9.17) is 0 Å². The molecule has 2 aromatic heterocycles. The lowest BCUT2D eigenvalue weighted by Crippen LogP contribution is -2.22. The monoisotopic (exact) mass is 347 g/mol. The molecule has 0 saturated carbocycles. The molecule has 7 heteroatoms. The molecule has 2 N–H and O–H groups in total. The van der Waals surface area contributed by atoms with E-state index < -0.39 is 0 Å². The van der Waals surface area contributed by atoms with Gasteiger partial charge in [0.15, 0.2) is 0 Å². The average molecular weight is 347 g/mol. The Kier molecular flexibility index (Phi) is 4.78. The molecule has 0 radical (unpaired) electrons. The summed E-state index contributed by atoms with van der Waals surface area (Å²) in [4.78, 5) is 21.2. The number of benzene rings is 1. The molecule has 23 heavy (non-hydrogen) atoms. The topological polar surface area (TPSA) is 57.8 Å². The van der Waals surface area contributed by atoms with Gasteiger partial charge in [0, 0.05) is 4.90 Å². The van der Waals surface area contributed by atoms with E-state index in [0.717, 1.165) is 16.2 Å². The van der Waals surface area contributed by atoms with Crippen LogP contribution in [-0.4, -0.2) is 22.1 Å². The molecule has 0 unspecified atom stereocenters. The van der Waals surface area contributed by atoms with Crippen molar-refractivity contribution in [2.24, 2.45) is 0 Å². The van der Waals surface area contributed by atoms with E-state index >= 15 is 0 Å². The third-order valence-electron chi connectivity index (χ3n) is 3.26. The number of rotatable bonds is 5. The smallest absolute Gasteiger partial charge is 0.262 e. The molecule has 0 aliphatic heterocycles. The number of imidazole rings is 1. The zero-order valence-corrected chi connectivity index (χ0v) is 13.9. The summed E-state index contributed by atoms with van der Waals surface area (Å²) >= 11 is 2.97. The van der Waals surface area contributed by atoms with Gasteiger partial charge in [-0.15, -0.1) is 23.1 Å². The molecule has 3 rings (SSSR count). The number of halogens is 1. The number of aromatic amines is 1. The standard InChI is InChI=1S/C16H14FN3OS2/c1-22-13-6-7-23-15(13)16(21)19-9-14-18-8-12(20-14)10-2-4-11(17)5-3-10/h2-8H,9H2,1H3,(H,18,20)(H,19,21). The van der Waals surface area contributed by atoms with Crippen molar-refractivity contribution in [3.63, 3.8) is 0 Å². The average Bonchev–Trinajstić information content (AvgIpc) is 3.22. The fourth-order valence-corrected chi connectivity index (χ4v) is 3.76. The van der Waals surface area contributed by atoms with Crippen LogP contribution in [-0.2, 0) is 6.54 Å². The Morgan fingerprint density at radius 3 is 2.87 bits per heavy atom. The third-order valence-corrected chi connectivity index (χ3v) is 5.08. The van der Waals surface area contributed by atoms with Crippen LogP contribution < -0.4 is 5.32 Å². The summed E-state index contributed by atoms with van der Waals surface area (Å²) in [5.41, 5.74) is 1.63. The van der Waals surface area contributed by atoms with Crippen molar-refractivity contribution in [1.82, 2.24) is 15.3 Å². The van der Waals surface area contributed by atoms with Crippen molar-refractivity contribution in [1.29, 1.82) is 0 Å². The van der Waals surface area contributed by atoms with Gasteiger partial charge in [-0.05, 0) is 47.5 Å². The molecule has 0 saturated heterocycles.